The minimum atomic E-state index is -5.22. The summed E-state index contributed by atoms with van der Waals surface area (Å²) in [5, 5.41) is 21.2. The van der Waals surface area contributed by atoms with Gasteiger partial charge in [-0.1, -0.05) is 12.8 Å². The van der Waals surface area contributed by atoms with Gasteiger partial charge in [0.15, 0.2) is 0 Å². The van der Waals surface area contributed by atoms with Crippen molar-refractivity contribution in [3.63, 3.8) is 0 Å². The van der Waals surface area contributed by atoms with Crippen molar-refractivity contribution in [1.29, 1.82) is 0 Å². The van der Waals surface area contributed by atoms with Crippen LogP contribution in [0.3, 0.4) is 0 Å². The van der Waals surface area contributed by atoms with E-state index < -0.39 is 30.0 Å². The summed E-state index contributed by atoms with van der Waals surface area (Å²) in [4.78, 5) is 3.96. The van der Waals surface area contributed by atoms with Crippen LogP contribution in [-0.2, 0) is 6.18 Å². The fourth-order valence-electron chi connectivity index (χ4n) is 3.67. The van der Waals surface area contributed by atoms with Crippen molar-refractivity contribution in [1.82, 2.24) is 19.6 Å². The summed E-state index contributed by atoms with van der Waals surface area (Å²) in [6.45, 7) is 0. The predicted molar refractivity (Wildman–Crippen MR) is 99.8 cm³/mol. The van der Waals surface area contributed by atoms with Crippen molar-refractivity contribution < 1.29 is 36.2 Å². The van der Waals surface area contributed by atoms with Crippen molar-refractivity contribution in [2.45, 2.75) is 50.4 Å². The molecule has 2 atom stereocenters. The van der Waals surface area contributed by atoms with Gasteiger partial charge in [0, 0.05) is 5.56 Å². The van der Waals surface area contributed by atoms with Crippen LogP contribution in [0.4, 0.5) is 32.3 Å². The molecule has 32 heavy (non-hydrogen) atoms. The second kappa shape index (κ2) is 8.11. The quantitative estimate of drug-likeness (QED) is 0.560. The third-order valence-electron chi connectivity index (χ3n) is 5.19. The number of anilines is 1. The number of aliphatic hydroxyl groups is 1. The monoisotopic (exact) mass is 461 g/mol. The van der Waals surface area contributed by atoms with E-state index in [4.69, 9.17) is 0 Å². The first-order valence-corrected chi connectivity index (χ1v) is 9.63. The molecule has 7 nitrogen and oxygen atoms in total. The van der Waals surface area contributed by atoms with Gasteiger partial charge >= 0.3 is 12.5 Å². The number of fused-ring (bicyclic) bond motifs is 1. The maximum absolute atomic E-state index is 13.0. The van der Waals surface area contributed by atoms with Gasteiger partial charge in [0.2, 0.25) is 5.95 Å². The van der Waals surface area contributed by atoms with Crippen molar-refractivity contribution in [2.75, 3.05) is 5.32 Å². The highest BCUT2D eigenvalue weighted by atomic mass is 19.4. The molecule has 2 heterocycles. The second-order valence-corrected chi connectivity index (χ2v) is 7.38. The summed E-state index contributed by atoms with van der Waals surface area (Å²) in [6, 6.07) is 1.45. The Morgan fingerprint density at radius 2 is 1.81 bits per heavy atom. The van der Waals surface area contributed by atoms with E-state index in [1.54, 1.807) is 0 Å². The van der Waals surface area contributed by atoms with Crippen LogP contribution in [0.2, 0.25) is 0 Å². The molecule has 1 saturated carbocycles. The van der Waals surface area contributed by atoms with E-state index in [0.717, 1.165) is 18.9 Å². The Morgan fingerprint density at radius 1 is 1.06 bits per heavy atom. The van der Waals surface area contributed by atoms with Gasteiger partial charge in [-0.05, 0) is 31.0 Å². The third-order valence-corrected chi connectivity index (χ3v) is 5.19. The molecule has 0 saturated heterocycles. The molecule has 2 N–H and O–H groups in total. The Hall–Kier alpha value is -3.09. The van der Waals surface area contributed by atoms with Gasteiger partial charge < -0.3 is 15.2 Å². The van der Waals surface area contributed by atoms with Gasteiger partial charge in [-0.15, -0.1) is 23.4 Å². The van der Waals surface area contributed by atoms with Crippen LogP contribution in [0.1, 0.15) is 31.2 Å². The molecule has 1 fully saturated rings. The van der Waals surface area contributed by atoms with E-state index in [1.807, 2.05) is 0 Å². The van der Waals surface area contributed by atoms with Crippen LogP contribution in [0, 0.1) is 0 Å². The lowest BCUT2D eigenvalue weighted by Crippen LogP contribution is -2.37. The van der Waals surface area contributed by atoms with Crippen molar-refractivity contribution in [3.05, 3.63) is 36.3 Å². The number of halogens is 6. The number of alkyl halides is 6. The van der Waals surface area contributed by atoms with Gasteiger partial charge in [-0.3, -0.25) is 4.40 Å². The number of nitrogens with zero attached hydrogens (tertiary/aromatic N) is 4. The minimum Gasteiger partial charge on any atom is -0.405 e. The summed E-state index contributed by atoms with van der Waals surface area (Å²) in [6.07, 6.45) is -4.98. The van der Waals surface area contributed by atoms with Gasteiger partial charge in [0.25, 0.3) is 0 Å². The number of hydrogen-bond acceptors (Lipinski definition) is 6. The molecule has 172 valence electrons. The normalized spacial score (nSPS) is 19.8. The Kier molecular flexibility index (Phi) is 5.61. The lowest BCUT2D eigenvalue weighted by Gasteiger charge is -2.28. The highest BCUT2D eigenvalue weighted by Gasteiger charge is 2.36. The molecule has 13 heteroatoms. The molecule has 1 aliphatic carbocycles. The maximum atomic E-state index is 13.0. The lowest BCUT2D eigenvalue weighted by molar-refractivity contribution is -0.274. The largest absolute Gasteiger partial charge is 0.573 e. The zero-order valence-electron chi connectivity index (χ0n) is 16.3. The Labute approximate surface area is 177 Å². The standard InChI is InChI=1S/C19H17F6N5O2/c20-18(21,22)10-5-6-11(15(7-10)32-19(23,24)25)16-13-8-26-9-30(13)17(29-28-16)27-12-3-1-2-4-14(12)31/h5-9,12,14,31H,1-4H2,(H,27,29)/t12-,14-/m1/s1. The minimum absolute atomic E-state index is 0.148. The highest BCUT2D eigenvalue weighted by molar-refractivity contribution is 5.81. The molecule has 0 bridgehead atoms. The smallest absolute Gasteiger partial charge is 0.405 e. The molecule has 2 aromatic heterocycles. The zero-order chi connectivity index (χ0) is 23.1. The predicted octanol–water partition coefficient (Wildman–Crippen LogP) is 4.42. The first kappa shape index (κ1) is 22.1. The maximum Gasteiger partial charge on any atom is 0.573 e. The van der Waals surface area contributed by atoms with Crippen molar-refractivity contribution in [3.8, 4) is 17.0 Å². The molecule has 4 rings (SSSR count). The summed E-state index contributed by atoms with van der Waals surface area (Å²) in [5.41, 5.74) is -1.59. The van der Waals surface area contributed by atoms with E-state index in [9.17, 15) is 31.4 Å². The van der Waals surface area contributed by atoms with E-state index in [2.05, 4.69) is 25.2 Å². The summed E-state index contributed by atoms with van der Waals surface area (Å²) >= 11 is 0. The molecule has 0 spiro atoms. The molecular weight excluding hydrogens is 444 g/mol. The number of aliphatic hydroxyl groups excluding tert-OH is 1. The molecule has 0 amide bonds. The topological polar surface area (TPSA) is 84.6 Å². The van der Waals surface area contributed by atoms with Gasteiger partial charge in [-0.25, -0.2) is 4.98 Å². The Bertz CT molecular complexity index is 1110. The average molecular weight is 461 g/mol. The van der Waals surface area contributed by atoms with E-state index in [-0.39, 0.29) is 34.8 Å². The van der Waals surface area contributed by atoms with Crippen LogP contribution < -0.4 is 10.1 Å². The van der Waals surface area contributed by atoms with Crippen LogP contribution in [-0.4, -0.2) is 43.2 Å². The number of benzene rings is 1. The second-order valence-electron chi connectivity index (χ2n) is 7.38. The average Bonchev–Trinajstić information content (AvgIpc) is 3.19. The van der Waals surface area contributed by atoms with Crippen LogP contribution in [0.25, 0.3) is 16.8 Å². The molecule has 1 aromatic carbocycles. The summed E-state index contributed by atoms with van der Waals surface area (Å²) in [7, 11) is 0. The van der Waals surface area contributed by atoms with E-state index in [0.29, 0.717) is 18.9 Å². The van der Waals surface area contributed by atoms with Crippen LogP contribution in [0.5, 0.6) is 5.75 Å². The van der Waals surface area contributed by atoms with Gasteiger partial charge in [-0.2, -0.15) is 13.2 Å². The number of nitrogens with one attached hydrogen (secondary N) is 1. The highest BCUT2D eigenvalue weighted by Crippen LogP contribution is 2.40. The number of aromatic nitrogens is 4. The number of ether oxygens (including phenoxy) is 1. The number of imidazole rings is 1. The first-order valence-electron chi connectivity index (χ1n) is 9.63. The fourth-order valence-corrected chi connectivity index (χ4v) is 3.67. The molecule has 0 unspecified atom stereocenters. The van der Waals surface area contributed by atoms with Gasteiger partial charge in [0.1, 0.15) is 17.8 Å². The Balaban J connectivity index is 1.77. The number of rotatable bonds is 4. The van der Waals surface area contributed by atoms with Crippen molar-refractivity contribution in [2.24, 2.45) is 0 Å². The van der Waals surface area contributed by atoms with Crippen LogP contribution in [0.15, 0.2) is 30.7 Å². The van der Waals surface area contributed by atoms with E-state index in [1.165, 1.54) is 16.9 Å². The van der Waals surface area contributed by atoms with Crippen molar-refractivity contribution >= 4 is 11.5 Å². The molecule has 1 aliphatic rings. The molecular formula is C19H17F6N5O2. The lowest BCUT2D eigenvalue weighted by atomic mass is 9.93. The SMILES string of the molecule is O[C@@H]1CCCC[C@H]1Nc1nnc(-c2ccc(C(F)(F)F)cc2OC(F)(F)F)c2cncn12. The van der Waals surface area contributed by atoms with Gasteiger partial charge in [0.05, 0.1) is 29.4 Å². The third kappa shape index (κ3) is 4.56. The first-order chi connectivity index (χ1) is 15.0. The summed E-state index contributed by atoms with van der Waals surface area (Å²) < 4.78 is 83.1. The van der Waals surface area contributed by atoms with E-state index >= 15 is 0 Å². The molecule has 3 aromatic rings. The Morgan fingerprint density at radius 3 is 2.50 bits per heavy atom. The summed E-state index contributed by atoms with van der Waals surface area (Å²) in [5.74, 6) is -0.870. The number of hydrogen-bond donors (Lipinski definition) is 2. The zero-order valence-corrected chi connectivity index (χ0v) is 16.3. The molecule has 0 aliphatic heterocycles. The fraction of sp³-hybridized carbons (Fsp3) is 0.421. The van der Waals surface area contributed by atoms with Crippen LogP contribution >= 0.6 is 0 Å². The molecule has 0 radical (unpaired) electrons.